The number of pyridine rings is 2. The molecule has 1 atom stereocenters. The van der Waals surface area contributed by atoms with Crippen molar-refractivity contribution < 1.29 is 14.3 Å². The fourth-order valence-electron chi connectivity index (χ4n) is 4.32. The van der Waals surface area contributed by atoms with Gasteiger partial charge in [-0.3, -0.25) is 14.6 Å². The molecule has 2 amide bonds. The SMILES string of the molecule is O=C(Nc1ncccc1OCc1ccncc1)C1CC(=O)N(c2ccc3c(c2)CCC3)C1. The third-order valence-corrected chi connectivity index (χ3v) is 6.05. The van der Waals surface area contributed by atoms with Crippen molar-refractivity contribution in [2.45, 2.75) is 32.3 Å². The zero-order chi connectivity index (χ0) is 21.9. The van der Waals surface area contributed by atoms with Crippen molar-refractivity contribution in [2.75, 3.05) is 16.8 Å². The van der Waals surface area contributed by atoms with E-state index in [-0.39, 0.29) is 18.2 Å². The van der Waals surface area contributed by atoms with Gasteiger partial charge in [0.2, 0.25) is 11.8 Å². The van der Waals surface area contributed by atoms with Crippen LogP contribution in [0.2, 0.25) is 0 Å². The molecule has 0 saturated carbocycles. The van der Waals surface area contributed by atoms with Crippen molar-refractivity contribution in [3.05, 3.63) is 77.7 Å². The van der Waals surface area contributed by atoms with E-state index in [0.717, 1.165) is 30.5 Å². The summed E-state index contributed by atoms with van der Waals surface area (Å²) in [4.78, 5) is 35.6. The maximum absolute atomic E-state index is 13.0. The Morgan fingerprint density at radius 3 is 2.81 bits per heavy atom. The average molecular weight is 428 g/mol. The molecule has 7 nitrogen and oxygen atoms in total. The van der Waals surface area contributed by atoms with Gasteiger partial charge in [0.15, 0.2) is 11.6 Å². The van der Waals surface area contributed by atoms with Gasteiger partial charge in [-0.25, -0.2) is 4.98 Å². The van der Waals surface area contributed by atoms with Crippen LogP contribution in [0, 0.1) is 5.92 Å². The molecule has 5 rings (SSSR count). The number of aromatic nitrogens is 2. The third kappa shape index (κ3) is 4.19. The van der Waals surface area contributed by atoms with Gasteiger partial charge in [0.1, 0.15) is 6.61 Å². The first-order valence-corrected chi connectivity index (χ1v) is 10.9. The Kier molecular flexibility index (Phi) is 5.54. The molecule has 0 bridgehead atoms. The molecule has 1 unspecified atom stereocenters. The molecular formula is C25H24N4O3. The minimum atomic E-state index is -0.439. The normalized spacial score (nSPS) is 17.3. The number of hydrogen-bond donors (Lipinski definition) is 1. The van der Waals surface area contributed by atoms with Crippen LogP contribution in [0.1, 0.15) is 29.5 Å². The van der Waals surface area contributed by atoms with Crippen LogP contribution in [0.25, 0.3) is 0 Å². The lowest BCUT2D eigenvalue weighted by Crippen LogP contribution is -2.28. The van der Waals surface area contributed by atoms with Gasteiger partial charge in [-0.15, -0.1) is 0 Å². The largest absolute Gasteiger partial charge is 0.485 e. The van der Waals surface area contributed by atoms with Crippen molar-refractivity contribution in [2.24, 2.45) is 5.92 Å². The van der Waals surface area contributed by atoms with Crippen LogP contribution in [0.15, 0.2) is 61.1 Å². The number of anilines is 2. The van der Waals surface area contributed by atoms with Crippen molar-refractivity contribution in [1.29, 1.82) is 0 Å². The lowest BCUT2D eigenvalue weighted by Gasteiger charge is -2.18. The highest BCUT2D eigenvalue weighted by molar-refractivity contribution is 6.03. The van der Waals surface area contributed by atoms with Crippen molar-refractivity contribution in [1.82, 2.24) is 9.97 Å². The maximum atomic E-state index is 13.0. The molecule has 1 N–H and O–H groups in total. The van der Waals surface area contributed by atoms with Gasteiger partial charge in [0.05, 0.1) is 5.92 Å². The van der Waals surface area contributed by atoms with Crippen LogP contribution < -0.4 is 15.0 Å². The molecule has 2 aliphatic rings. The molecule has 1 aliphatic heterocycles. The number of ether oxygens (including phenoxy) is 1. The standard InChI is InChI=1S/C25H24N4O3/c30-23-14-20(15-29(23)21-7-6-18-3-1-4-19(18)13-21)25(31)28-24-22(5-2-10-27-24)32-16-17-8-11-26-12-9-17/h2,5-13,20H,1,3-4,14-16H2,(H,27,28,31). The second kappa shape index (κ2) is 8.78. The van der Waals surface area contributed by atoms with E-state index in [1.807, 2.05) is 18.2 Å². The summed E-state index contributed by atoms with van der Waals surface area (Å²) in [5, 5.41) is 2.86. The molecule has 0 radical (unpaired) electrons. The van der Waals surface area contributed by atoms with E-state index in [0.29, 0.717) is 24.7 Å². The molecular weight excluding hydrogens is 404 g/mol. The van der Waals surface area contributed by atoms with Gasteiger partial charge in [-0.2, -0.15) is 0 Å². The smallest absolute Gasteiger partial charge is 0.231 e. The van der Waals surface area contributed by atoms with Crippen LogP contribution in [-0.2, 0) is 29.0 Å². The first-order valence-electron chi connectivity index (χ1n) is 10.9. The van der Waals surface area contributed by atoms with E-state index in [9.17, 15) is 9.59 Å². The van der Waals surface area contributed by atoms with Gasteiger partial charge < -0.3 is 15.0 Å². The highest BCUT2D eigenvalue weighted by atomic mass is 16.5. The first-order chi connectivity index (χ1) is 15.7. The molecule has 162 valence electrons. The molecule has 1 aromatic carbocycles. The topological polar surface area (TPSA) is 84.4 Å². The maximum Gasteiger partial charge on any atom is 0.231 e. The molecule has 1 fully saturated rings. The van der Waals surface area contributed by atoms with E-state index in [2.05, 4.69) is 27.4 Å². The highest BCUT2D eigenvalue weighted by Gasteiger charge is 2.36. The van der Waals surface area contributed by atoms with Crippen molar-refractivity contribution >= 4 is 23.3 Å². The van der Waals surface area contributed by atoms with Crippen molar-refractivity contribution in [3.8, 4) is 5.75 Å². The number of aryl methyl sites for hydroxylation is 2. The summed E-state index contributed by atoms with van der Waals surface area (Å²) in [7, 11) is 0. The summed E-state index contributed by atoms with van der Waals surface area (Å²) in [5.74, 6) is 0.144. The third-order valence-electron chi connectivity index (χ3n) is 6.05. The molecule has 32 heavy (non-hydrogen) atoms. The van der Waals surface area contributed by atoms with E-state index < -0.39 is 5.92 Å². The van der Waals surface area contributed by atoms with E-state index in [1.165, 1.54) is 11.1 Å². The molecule has 3 aromatic rings. The number of nitrogens with one attached hydrogen (secondary N) is 1. The second-order valence-electron chi connectivity index (χ2n) is 8.20. The average Bonchev–Trinajstić information content (AvgIpc) is 3.45. The van der Waals surface area contributed by atoms with Crippen molar-refractivity contribution in [3.63, 3.8) is 0 Å². The number of fused-ring (bicyclic) bond motifs is 1. The summed E-state index contributed by atoms with van der Waals surface area (Å²) >= 11 is 0. The Bertz CT molecular complexity index is 1150. The van der Waals surface area contributed by atoms with Crippen LogP contribution >= 0.6 is 0 Å². The fourth-order valence-corrected chi connectivity index (χ4v) is 4.32. The number of nitrogens with zero attached hydrogens (tertiary/aromatic N) is 3. The molecule has 1 saturated heterocycles. The predicted octanol–water partition coefficient (Wildman–Crippen LogP) is 3.54. The van der Waals surface area contributed by atoms with Gasteiger partial charge in [0.25, 0.3) is 0 Å². The monoisotopic (exact) mass is 428 g/mol. The summed E-state index contributed by atoms with van der Waals surface area (Å²) in [5.41, 5.74) is 4.52. The van der Waals surface area contributed by atoms with Gasteiger partial charge in [-0.05, 0) is 72.4 Å². The number of carbonyl (C=O) groups excluding carboxylic acids is 2. The zero-order valence-corrected chi connectivity index (χ0v) is 17.7. The quantitative estimate of drug-likeness (QED) is 0.649. The van der Waals surface area contributed by atoms with Crippen LogP contribution in [-0.4, -0.2) is 28.3 Å². The molecule has 2 aromatic heterocycles. The number of rotatable bonds is 6. The van der Waals surface area contributed by atoms with Crippen LogP contribution in [0.4, 0.5) is 11.5 Å². The Balaban J connectivity index is 1.25. The zero-order valence-electron chi connectivity index (χ0n) is 17.7. The second-order valence-corrected chi connectivity index (χ2v) is 8.20. The predicted molar refractivity (Wildman–Crippen MR) is 120 cm³/mol. The minimum absolute atomic E-state index is 0.0294. The lowest BCUT2D eigenvalue weighted by atomic mass is 10.1. The number of hydrogen-bond acceptors (Lipinski definition) is 5. The Labute approximate surface area is 186 Å². The number of carbonyl (C=O) groups is 2. The van der Waals surface area contributed by atoms with E-state index in [4.69, 9.17) is 4.74 Å². The van der Waals surface area contributed by atoms with Gasteiger partial charge >= 0.3 is 0 Å². The number of amides is 2. The molecule has 7 heteroatoms. The van der Waals surface area contributed by atoms with Gasteiger partial charge in [-0.1, -0.05) is 6.07 Å². The summed E-state index contributed by atoms with van der Waals surface area (Å²) in [6.07, 6.45) is 8.51. The van der Waals surface area contributed by atoms with Crippen LogP contribution in [0.3, 0.4) is 0 Å². The van der Waals surface area contributed by atoms with E-state index >= 15 is 0 Å². The Hall–Kier alpha value is -3.74. The minimum Gasteiger partial charge on any atom is -0.485 e. The molecule has 3 heterocycles. The summed E-state index contributed by atoms with van der Waals surface area (Å²) in [6, 6.07) is 13.5. The molecule has 0 spiro atoms. The summed E-state index contributed by atoms with van der Waals surface area (Å²) in [6.45, 7) is 0.703. The Morgan fingerprint density at radius 1 is 1.09 bits per heavy atom. The first kappa shape index (κ1) is 20.2. The van der Waals surface area contributed by atoms with Gasteiger partial charge in [0, 0.05) is 37.2 Å². The number of benzene rings is 1. The van der Waals surface area contributed by atoms with E-state index in [1.54, 1.807) is 35.6 Å². The highest BCUT2D eigenvalue weighted by Crippen LogP contribution is 2.31. The lowest BCUT2D eigenvalue weighted by molar-refractivity contribution is -0.122. The van der Waals surface area contributed by atoms with Crippen LogP contribution in [0.5, 0.6) is 5.75 Å². The summed E-state index contributed by atoms with van der Waals surface area (Å²) < 4.78 is 5.86. The fraction of sp³-hybridized carbons (Fsp3) is 0.280. The Morgan fingerprint density at radius 2 is 1.94 bits per heavy atom. The molecule has 1 aliphatic carbocycles.